The van der Waals surface area contributed by atoms with Gasteiger partial charge in [-0.15, -0.1) is 0 Å². The first-order valence-corrected chi connectivity index (χ1v) is 8.18. The van der Waals surface area contributed by atoms with Gasteiger partial charge in [0, 0.05) is 18.7 Å². The summed E-state index contributed by atoms with van der Waals surface area (Å²) in [6.07, 6.45) is 1.14. The van der Waals surface area contributed by atoms with Crippen LogP contribution in [0.2, 0.25) is 0 Å². The minimum atomic E-state index is -0.347. The third-order valence-electron chi connectivity index (χ3n) is 4.16. The molecule has 1 atom stereocenters. The molecule has 1 fully saturated rings. The van der Waals surface area contributed by atoms with Crippen LogP contribution in [0.4, 0.5) is 11.4 Å². The SMILES string of the molecule is CCc1ccc(NC(=O)CC2CNN(c3ccccc3)C2=O)cc1. The van der Waals surface area contributed by atoms with Gasteiger partial charge in [0.2, 0.25) is 11.8 Å². The van der Waals surface area contributed by atoms with Crippen molar-refractivity contribution in [2.45, 2.75) is 19.8 Å². The molecule has 5 nitrogen and oxygen atoms in total. The number of hydrogen-bond donors (Lipinski definition) is 2. The molecule has 1 aliphatic rings. The van der Waals surface area contributed by atoms with E-state index in [2.05, 4.69) is 17.7 Å². The first-order valence-electron chi connectivity index (χ1n) is 8.18. The fourth-order valence-corrected chi connectivity index (χ4v) is 2.76. The summed E-state index contributed by atoms with van der Waals surface area (Å²) in [6, 6.07) is 17.2. The van der Waals surface area contributed by atoms with E-state index >= 15 is 0 Å². The summed E-state index contributed by atoms with van der Waals surface area (Å²) in [5, 5.41) is 4.38. The average Bonchev–Trinajstić information content (AvgIpc) is 2.97. The van der Waals surface area contributed by atoms with E-state index < -0.39 is 0 Å². The zero-order chi connectivity index (χ0) is 16.9. The minimum absolute atomic E-state index is 0.0716. The molecule has 0 aromatic heterocycles. The molecule has 124 valence electrons. The highest BCUT2D eigenvalue weighted by molar-refractivity contribution is 6.00. The molecule has 2 N–H and O–H groups in total. The van der Waals surface area contributed by atoms with E-state index in [1.54, 1.807) is 0 Å². The lowest BCUT2D eigenvalue weighted by atomic mass is 10.1. The molecule has 2 aromatic rings. The Morgan fingerprint density at radius 1 is 1.17 bits per heavy atom. The summed E-state index contributed by atoms with van der Waals surface area (Å²) in [7, 11) is 0. The standard InChI is InChI=1S/C19H21N3O2/c1-2-14-8-10-16(11-9-14)21-18(23)12-15-13-20-22(19(15)24)17-6-4-3-5-7-17/h3-11,15,20H,2,12-13H2,1H3,(H,21,23). The number of amides is 2. The lowest BCUT2D eigenvalue weighted by molar-refractivity contribution is -0.124. The molecule has 2 amide bonds. The fraction of sp³-hybridized carbons (Fsp3) is 0.263. The summed E-state index contributed by atoms with van der Waals surface area (Å²) in [6.45, 7) is 2.56. The summed E-state index contributed by atoms with van der Waals surface area (Å²) in [5.74, 6) is -0.563. The van der Waals surface area contributed by atoms with Gasteiger partial charge in [0.25, 0.3) is 0 Å². The van der Waals surface area contributed by atoms with Crippen LogP contribution in [-0.4, -0.2) is 18.4 Å². The molecule has 0 saturated carbocycles. The van der Waals surface area contributed by atoms with Gasteiger partial charge in [0.15, 0.2) is 0 Å². The summed E-state index contributed by atoms with van der Waals surface area (Å²) in [4.78, 5) is 24.7. The normalized spacial score (nSPS) is 17.1. The van der Waals surface area contributed by atoms with E-state index in [1.165, 1.54) is 10.6 Å². The number of carbonyl (C=O) groups is 2. The second-order valence-corrected chi connectivity index (χ2v) is 5.87. The van der Waals surface area contributed by atoms with Crippen LogP contribution in [-0.2, 0) is 16.0 Å². The first-order chi connectivity index (χ1) is 11.7. The van der Waals surface area contributed by atoms with Crippen molar-refractivity contribution in [2.75, 3.05) is 16.9 Å². The molecular weight excluding hydrogens is 302 g/mol. The Balaban J connectivity index is 1.58. The van der Waals surface area contributed by atoms with Crippen LogP contribution in [0.5, 0.6) is 0 Å². The number of anilines is 2. The van der Waals surface area contributed by atoms with Crippen molar-refractivity contribution in [3.05, 3.63) is 60.2 Å². The quantitative estimate of drug-likeness (QED) is 0.889. The second kappa shape index (κ2) is 7.27. The Morgan fingerprint density at radius 2 is 1.88 bits per heavy atom. The molecule has 24 heavy (non-hydrogen) atoms. The molecular formula is C19H21N3O2. The zero-order valence-electron chi connectivity index (χ0n) is 13.7. The maximum absolute atomic E-state index is 12.5. The van der Waals surface area contributed by atoms with E-state index in [4.69, 9.17) is 0 Å². The Kier molecular flexibility index (Phi) is 4.91. The number of aryl methyl sites for hydroxylation is 1. The highest BCUT2D eigenvalue weighted by atomic mass is 16.2. The molecule has 2 aromatic carbocycles. The smallest absolute Gasteiger partial charge is 0.246 e. The highest BCUT2D eigenvalue weighted by Gasteiger charge is 2.33. The number of nitrogens with one attached hydrogen (secondary N) is 2. The van der Waals surface area contributed by atoms with Crippen LogP contribution in [0, 0.1) is 5.92 Å². The Morgan fingerprint density at radius 3 is 2.54 bits per heavy atom. The predicted molar refractivity (Wildman–Crippen MR) is 94.5 cm³/mol. The van der Waals surface area contributed by atoms with Crippen LogP contribution in [0.15, 0.2) is 54.6 Å². The van der Waals surface area contributed by atoms with Gasteiger partial charge >= 0.3 is 0 Å². The van der Waals surface area contributed by atoms with Crippen molar-refractivity contribution in [3.8, 4) is 0 Å². The summed E-state index contributed by atoms with van der Waals surface area (Å²) < 4.78 is 0. The molecule has 3 rings (SSSR count). The number of nitrogens with zero attached hydrogens (tertiary/aromatic N) is 1. The second-order valence-electron chi connectivity index (χ2n) is 5.87. The maximum Gasteiger partial charge on any atom is 0.246 e. The maximum atomic E-state index is 12.5. The molecule has 1 saturated heterocycles. The third-order valence-corrected chi connectivity index (χ3v) is 4.16. The molecule has 1 aliphatic heterocycles. The van der Waals surface area contributed by atoms with Crippen LogP contribution < -0.4 is 15.8 Å². The van der Waals surface area contributed by atoms with E-state index in [0.29, 0.717) is 6.54 Å². The number of benzene rings is 2. The molecule has 5 heteroatoms. The lowest BCUT2D eigenvalue weighted by Crippen LogP contribution is -2.34. The average molecular weight is 323 g/mol. The predicted octanol–water partition coefficient (Wildman–Crippen LogP) is 2.75. The molecule has 0 radical (unpaired) electrons. The number of carbonyl (C=O) groups excluding carboxylic acids is 2. The van der Waals surface area contributed by atoms with Crippen molar-refractivity contribution >= 4 is 23.2 Å². The van der Waals surface area contributed by atoms with E-state index in [1.807, 2.05) is 54.6 Å². The van der Waals surface area contributed by atoms with Crippen molar-refractivity contribution in [2.24, 2.45) is 5.92 Å². The van der Waals surface area contributed by atoms with Gasteiger partial charge in [-0.3, -0.25) is 9.59 Å². The van der Waals surface area contributed by atoms with Crippen LogP contribution in [0.25, 0.3) is 0 Å². The van der Waals surface area contributed by atoms with Crippen LogP contribution in [0.1, 0.15) is 18.9 Å². The van der Waals surface area contributed by atoms with E-state index in [0.717, 1.165) is 17.8 Å². The van der Waals surface area contributed by atoms with Gasteiger partial charge in [-0.1, -0.05) is 37.3 Å². The minimum Gasteiger partial charge on any atom is -0.326 e. The summed E-state index contributed by atoms with van der Waals surface area (Å²) >= 11 is 0. The van der Waals surface area contributed by atoms with Gasteiger partial charge in [-0.25, -0.2) is 10.4 Å². The fourth-order valence-electron chi connectivity index (χ4n) is 2.76. The number of rotatable bonds is 5. The van der Waals surface area contributed by atoms with E-state index in [-0.39, 0.29) is 24.2 Å². The number of hydrogen-bond acceptors (Lipinski definition) is 3. The van der Waals surface area contributed by atoms with Crippen molar-refractivity contribution < 1.29 is 9.59 Å². The number of hydrazine groups is 1. The van der Waals surface area contributed by atoms with E-state index in [9.17, 15) is 9.59 Å². The van der Waals surface area contributed by atoms with Crippen molar-refractivity contribution in [1.29, 1.82) is 0 Å². The van der Waals surface area contributed by atoms with Gasteiger partial charge < -0.3 is 5.32 Å². The highest BCUT2D eigenvalue weighted by Crippen LogP contribution is 2.21. The van der Waals surface area contributed by atoms with Crippen molar-refractivity contribution in [3.63, 3.8) is 0 Å². The van der Waals surface area contributed by atoms with Crippen molar-refractivity contribution in [1.82, 2.24) is 5.43 Å². The monoisotopic (exact) mass is 323 g/mol. The Labute approximate surface area is 141 Å². The molecule has 0 spiro atoms. The van der Waals surface area contributed by atoms with Crippen LogP contribution >= 0.6 is 0 Å². The summed E-state index contributed by atoms with van der Waals surface area (Å²) in [5.41, 5.74) is 5.84. The lowest BCUT2D eigenvalue weighted by Gasteiger charge is -2.16. The first kappa shape index (κ1) is 16.2. The molecule has 1 heterocycles. The number of para-hydroxylation sites is 1. The third kappa shape index (κ3) is 3.63. The zero-order valence-corrected chi connectivity index (χ0v) is 13.7. The molecule has 1 unspecified atom stereocenters. The molecule has 0 aliphatic carbocycles. The Hall–Kier alpha value is -2.66. The van der Waals surface area contributed by atoms with Gasteiger partial charge in [0.05, 0.1) is 11.6 Å². The van der Waals surface area contributed by atoms with Gasteiger partial charge in [-0.2, -0.15) is 0 Å². The van der Waals surface area contributed by atoms with Gasteiger partial charge in [-0.05, 0) is 36.2 Å². The van der Waals surface area contributed by atoms with Crippen LogP contribution in [0.3, 0.4) is 0 Å². The largest absolute Gasteiger partial charge is 0.326 e. The Bertz CT molecular complexity index is 713. The topological polar surface area (TPSA) is 61.4 Å². The molecule has 0 bridgehead atoms. The van der Waals surface area contributed by atoms with Gasteiger partial charge in [0.1, 0.15) is 0 Å².